The summed E-state index contributed by atoms with van der Waals surface area (Å²) in [6.07, 6.45) is 0.207. The molecule has 2 amide bonds. The minimum atomic E-state index is -0.386. The van der Waals surface area contributed by atoms with E-state index < -0.39 is 0 Å². The lowest BCUT2D eigenvalue weighted by molar-refractivity contribution is -0.130. The van der Waals surface area contributed by atoms with Crippen LogP contribution >= 0.6 is 0 Å². The molecule has 1 heterocycles. The molecule has 1 saturated heterocycles. The maximum absolute atomic E-state index is 12.5. The topological polar surface area (TPSA) is 77.1 Å². The van der Waals surface area contributed by atoms with Crippen molar-refractivity contribution in [3.63, 3.8) is 0 Å². The van der Waals surface area contributed by atoms with Crippen LogP contribution in [0.2, 0.25) is 0 Å². The van der Waals surface area contributed by atoms with Crippen molar-refractivity contribution >= 4 is 17.5 Å². The fourth-order valence-electron chi connectivity index (χ4n) is 2.80. The van der Waals surface area contributed by atoms with E-state index in [9.17, 15) is 9.59 Å². The standard InChI is InChI=1S/C17H24N2O5/c1-11(10-22-2)19-9-12(7-16(19)20)17(21)18-14-6-5-13(23-3)8-15(14)24-4/h5-6,8,11-12H,7,9-10H2,1-4H3,(H,18,21)/t11-,12+/m1/s1. The molecule has 1 aromatic carbocycles. The molecule has 7 nitrogen and oxygen atoms in total. The van der Waals surface area contributed by atoms with E-state index in [2.05, 4.69) is 5.32 Å². The third kappa shape index (κ3) is 3.97. The van der Waals surface area contributed by atoms with Crippen LogP contribution in [0.4, 0.5) is 5.69 Å². The Morgan fingerprint density at radius 1 is 1.33 bits per heavy atom. The molecular formula is C17H24N2O5. The van der Waals surface area contributed by atoms with Gasteiger partial charge in [-0.3, -0.25) is 9.59 Å². The van der Waals surface area contributed by atoms with Crippen molar-refractivity contribution in [1.29, 1.82) is 0 Å². The van der Waals surface area contributed by atoms with Crippen LogP contribution in [-0.2, 0) is 14.3 Å². The van der Waals surface area contributed by atoms with Gasteiger partial charge in [0.2, 0.25) is 11.8 Å². The second kappa shape index (κ2) is 8.01. The van der Waals surface area contributed by atoms with Gasteiger partial charge in [-0.05, 0) is 19.1 Å². The Morgan fingerprint density at radius 2 is 2.08 bits per heavy atom. The lowest BCUT2D eigenvalue weighted by Crippen LogP contribution is -2.38. The molecule has 1 aliphatic rings. The maximum atomic E-state index is 12.5. The molecule has 0 aliphatic carbocycles. The molecule has 0 unspecified atom stereocenters. The number of carbonyl (C=O) groups is 2. The number of carbonyl (C=O) groups excluding carboxylic acids is 2. The van der Waals surface area contributed by atoms with Crippen LogP contribution in [0.5, 0.6) is 11.5 Å². The second-order valence-corrected chi connectivity index (χ2v) is 5.81. The molecule has 1 aliphatic heterocycles. The minimum absolute atomic E-state index is 0.0265. The van der Waals surface area contributed by atoms with Gasteiger partial charge in [0.05, 0.1) is 38.5 Å². The molecule has 1 N–H and O–H groups in total. The fraction of sp³-hybridized carbons (Fsp3) is 0.529. The fourth-order valence-corrected chi connectivity index (χ4v) is 2.80. The Balaban J connectivity index is 2.04. The first-order valence-electron chi connectivity index (χ1n) is 7.81. The van der Waals surface area contributed by atoms with E-state index >= 15 is 0 Å². The van der Waals surface area contributed by atoms with Gasteiger partial charge in [-0.2, -0.15) is 0 Å². The Bertz CT molecular complexity index is 605. The number of rotatable bonds is 7. The number of hydrogen-bond acceptors (Lipinski definition) is 5. The predicted molar refractivity (Wildman–Crippen MR) is 89.3 cm³/mol. The molecule has 132 valence electrons. The summed E-state index contributed by atoms with van der Waals surface area (Å²) in [7, 11) is 4.68. The quantitative estimate of drug-likeness (QED) is 0.817. The minimum Gasteiger partial charge on any atom is -0.497 e. The third-order valence-corrected chi connectivity index (χ3v) is 4.14. The number of methoxy groups -OCH3 is 3. The van der Waals surface area contributed by atoms with Gasteiger partial charge in [0.1, 0.15) is 11.5 Å². The Hall–Kier alpha value is -2.28. The largest absolute Gasteiger partial charge is 0.497 e. The second-order valence-electron chi connectivity index (χ2n) is 5.81. The summed E-state index contributed by atoms with van der Waals surface area (Å²) < 4.78 is 15.5. The molecule has 0 radical (unpaired) electrons. The average Bonchev–Trinajstić information content (AvgIpc) is 2.97. The van der Waals surface area contributed by atoms with Crippen LogP contribution in [-0.4, -0.2) is 57.2 Å². The molecule has 0 saturated carbocycles. The van der Waals surface area contributed by atoms with Gasteiger partial charge in [-0.15, -0.1) is 0 Å². The van der Waals surface area contributed by atoms with Gasteiger partial charge in [0.25, 0.3) is 0 Å². The van der Waals surface area contributed by atoms with Gasteiger partial charge in [-0.25, -0.2) is 0 Å². The van der Waals surface area contributed by atoms with E-state index in [1.165, 1.54) is 7.11 Å². The summed E-state index contributed by atoms with van der Waals surface area (Å²) in [4.78, 5) is 26.3. The van der Waals surface area contributed by atoms with Gasteiger partial charge in [0.15, 0.2) is 0 Å². The van der Waals surface area contributed by atoms with Crippen molar-refractivity contribution in [3.05, 3.63) is 18.2 Å². The summed E-state index contributed by atoms with van der Waals surface area (Å²) in [5, 5.41) is 2.84. The highest BCUT2D eigenvalue weighted by Crippen LogP contribution is 2.30. The van der Waals surface area contributed by atoms with E-state index in [1.54, 1.807) is 37.3 Å². The SMILES string of the molecule is COC[C@@H](C)N1C[C@@H](C(=O)Nc2ccc(OC)cc2OC)CC1=O. The monoisotopic (exact) mass is 336 g/mol. The summed E-state index contributed by atoms with van der Waals surface area (Å²) in [5.74, 6) is 0.543. The smallest absolute Gasteiger partial charge is 0.229 e. The van der Waals surface area contributed by atoms with Crippen LogP contribution in [0.15, 0.2) is 18.2 Å². The highest BCUT2D eigenvalue weighted by Gasteiger charge is 2.36. The van der Waals surface area contributed by atoms with Crippen molar-refractivity contribution < 1.29 is 23.8 Å². The van der Waals surface area contributed by atoms with E-state index in [1.807, 2.05) is 6.92 Å². The molecule has 0 spiro atoms. The Kier molecular flexibility index (Phi) is 6.03. The average molecular weight is 336 g/mol. The van der Waals surface area contributed by atoms with Crippen molar-refractivity contribution in [3.8, 4) is 11.5 Å². The van der Waals surface area contributed by atoms with Crippen molar-refractivity contribution in [2.24, 2.45) is 5.92 Å². The van der Waals surface area contributed by atoms with Gasteiger partial charge < -0.3 is 24.4 Å². The summed E-state index contributed by atoms with van der Waals surface area (Å²) >= 11 is 0. The van der Waals surface area contributed by atoms with E-state index in [-0.39, 0.29) is 30.2 Å². The molecule has 2 atom stereocenters. The summed E-state index contributed by atoms with van der Waals surface area (Å²) in [6.45, 7) is 2.76. The number of likely N-dealkylation sites (tertiary alicyclic amines) is 1. The van der Waals surface area contributed by atoms with Gasteiger partial charge in [0, 0.05) is 26.1 Å². The molecule has 1 aromatic rings. The van der Waals surface area contributed by atoms with Crippen LogP contribution in [0, 0.1) is 5.92 Å². The van der Waals surface area contributed by atoms with Crippen LogP contribution in [0.3, 0.4) is 0 Å². The van der Waals surface area contributed by atoms with Crippen molar-refractivity contribution in [2.45, 2.75) is 19.4 Å². The van der Waals surface area contributed by atoms with E-state index in [0.29, 0.717) is 30.3 Å². The van der Waals surface area contributed by atoms with Crippen LogP contribution in [0.25, 0.3) is 0 Å². The summed E-state index contributed by atoms with van der Waals surface area (Å²) in [6, 6.07) is 5.11. The van der Waals surface area contributed by atoms with Gasteiger partial charge in [-0.1, -0.05) is 0 Å². The first-order valence-corrected chi connectivity index (χ1v) is 7.81. The number of nitrogens with one attached hydrogen (secondary N) is 1. The van der Waals surface area contributed by atoms with Crippen LogP contribution in [0.1, 0.15) is 13.3 Å². The molecule has 2 rings (SSSR count). The van der Waals surface area contributed by atoms with Crippen molar-refractivity contribution in [1.82, 2.24) is 4.90 Å². The van der Waals surface area contributed by atoms with E-state index in [4.69, 9.17) is 14.2 Å². The maximum Gasteiger partial charge on any atom is 0.229 e. The molecule has 1 fully saturated rings. The lowest BCUT2D eigenvalue weighted by Gasteiger charge is -2.24. The lowest BCUT2D eigenvalue weighted by atomic mass is 10.1. The summed E-state index contributed by atoms with van der Waals surface area (Å²) in [5.41, 5.74) is 0.555. The zero-order valence-corrected chi connectivity index (χ0v) is 14.5. The number of nitrogens with zero attached hydrogens (tertiary/aromatic N) is 1. The van der Waals surface area contributed by atoms with E-state index in [0.717, 1.165) is 0 Å². The first kappa shape index (κ1) is 18.1. The number of ether oxygens (including phenoxy) is 3. The predicted octanol–water partition coefficient (Wildman–Crippen LogP) is 1.53. The first-order chi connectivity index (χ1) is 11.5. The molecular weight excluding hydrogens is 312 g/mol. The number of anilines is 1. The molecule has 7 heteroatoms. The molecule has 0 aromatic heterocycles. The van der Waals surface area contributed by atoms with Gasteiger partial charge >= 0.3 is 0 Å². The Labute approximate surface area is 141 Å². The number of benzene rings is 1. The van der Waals surface area contributed by atoms with Crippen molar-refractivity contribution in [2.75, 3.05) is 39.8 Å². The zero-order chi connectivity index (χ0) is 17.7. The highest BCUT2D eigenvalue weighted by molar-refractivity contribution is 5.98. The van der Waals surface area contributed by atoms with Crippen LogP contribution < -0.4 is 14.8 Å². The third-order valence-electron chi connectivity index (χ3n) is 4.14. The normalized spacial score (nSPS) is 18.4. The Morgan fingerprint density at radius 3 is 2.71 bits per heavy atom. The zero-order valence-electron chi connectivity index (χ0n) is 14.5. The number of hydrogen-bond donors (Lipinski definition) is 1. The molecule has 0 bridgehead atoms. The number of amides is 2. The highest BCUT2D eigenvalue weighted by atomic mass is 16.5. The molecule has 24 heavy (non-hydrogen) atoms.